The van der Waals surface area contributed by atoms with Crippen LogP contribution >= 0.6 is 0 Å². The van der Waals surface area contributed by atoms with Crippen LogP contribution in [0.3, 0.4) is 0 Å². The number of halogens is 1. The molecule has 0 N–H and O–H groups in total. The molecule has 0 aliphatic carbocycles. The van der Waals surface area contributed by atoms with Gasteiger partial charge in [0, 0.05) is 30.6 Å². The van der Waals surface area contributed by atoms with Crippen molar-refractivity contribution in [2.45, 2.75) is 39.7 Å². The van der Waals surface area contributed by atoms with Crippen LogP contribution in [0.25, 0.3) is 11.6 Å². The third-order valence-corrected chi connectivity index (χ3v) is 5.44. The van der Waals surface area contributed by atoms with Gasteiger partial charge in [-0.2, -0.15) is 4.80 Å². The van der Waals surface area contributed by atoms with Gasteiger partial charge in [-0.05, 0) is 49.1 Å². The molecule has 0 atom stereocenters. The predicted molar refractivity (Wildman–Crippen MR) is 109 cm³/mol. The molecule has 162 valence electrons. The predicted octanol–water partition coefficient (Wildman–Crippen LogP) is 2.72. The standard InChI is InChI=1S/C21H23FN6O3/c1-3-14-4-5-16(22)10-17(14)20(30)15-6-8-27(9-7-15)19-11-18(31-25-19)21-23-26-28(24-21)12-13(2)29/h4-5,10-11,15H,3,6-9,12H2,1-2H3. The number of carbonyl (C=O) groups excluding carboxylic acids is 2. The Morgan fingerprint density at radius 1 is 1.23 bits per heavy atom. The molecule has 1 saturated heterocycles. The largest absolute Gasteiger partial charge is 0.354 e. The molecule has 0 bridgehead atoms. The van der Waals surface area contributed by atoms with Crippen LogP contribution in [0.4, 0.5) is 10.2 Å². The van der Waals surface area contributed by atoms with Crippen LogP contribution in [0.15, 0.2) is 28.8 Å². The van der Waals surface area contributed by atoms with Gasteiger partial charge >= 0.3 is 0 Å². The van der Waals surface area contributed by atoms with Crippen LogP contribution in [-0.4, -0.2) is 50.0 Å². The average Bonchev–Trinajstić information content (AvgIpc) is 3.42. The number of rotatable bonds is 7. The minimum atomic E-state index is -0.387. The fourth-order valence-electron chi connectivity index (χ4n) is 3.81. The van der Waals surface area contributed by atoms with Gasteiger partial charge in [0.15, 0.2) is 17.4 Å². The van der Waals surface area contributed by atoms with E-state index in [0.717, 1.165) is 5.56 Å². The molecule has 0 radical (unpaired) electrons. The van der Waals surface area contributed by atoms with Crippen molar-refractivity contribution in [3.63, 3.8) is 0 Å². The number of hydrogen-bond acceptors (Lipinski definition) is 8. The molecule has 1 aliphatic rings. The lowest BCUT2D eigenvalue weighted by Gasteiger charge is -2.31. The van der Waals surface area contributed by atoms with E-state index in [1.165, 1.54) is 23.9 Å². The first-order valence-electron chi connectivity index (χ1n) is 10.3. The van der Waals surface area contributed by atoms with E-state index < -0.39 is 0 Å². The molecule has 10 heteroatoms. The zero-order chi connectivity index (χ0) is 22.0. The number of anilines is 1. The Bertz CT molecular complexity index is 1100. The van der Waals surface area contributed by atoms with Gasteiger partial charge in [-0.25, -0.2) is 4.39 Å². The van der Waals surface area contributed by atoms with Gasteiger partial charge in [-0.3, -0.25) is 9.59 Å². The first-order valence-corrected chi connectivity index (χ1v) is 10.3. The van der Waals surface area contributed by atoms with Gasteiger partial charge in [0.05, 0.1) is 0 Å². The summed E-state index contributed by atoms with van der Waals surface area (Å²) in [6, 6.07) is 6.16. The minimum Gasteiger partial charge on any atom is -0.354 e. The average molecular weight is 426 g/mol. The number of tetrazole rings is 1. The molecule has 3 heterocycles. The molecule has 9 nitrogen and oxygen atoms in total. The fraction of sp³-hybridized carbons (Fsp3) is 0.429. The van der Waals surface area contributed by atoms with Crippen LogP contribution in [0.2, 0.25) is 0 Å². The monoisotopic (exact) mass is 426 g/mol. The van der Waals surface area contributed by atoms with Crippen molar-refractivity contribution in [3.05, 3.63) is 41.2 Å². The Kier molecular flexibility index (Phi) is 5.88. The van der Waals surface area contributed by atoms with E-state index in [-0.39, 0.29) is 35.7 Å². The second kappa shape index (κ2) is 8.75. The molecule has 1 aromatic carbocycles. The van der Waals surface area contributed by atoms with Gasteiger partial charge < -0.3 is 9.42 Å². The quantitative estimate of drug-likeness (QED) is 0.531. The van der Waals surface area contributed by atoms with Crippen LogP contribution in [0, 0.1) is 11.7 Å². The molecule has 3 aromatic rings. The van der Waals surface area contributed by atoms with E-state index in [1.807, 2.05) is 11.8 Å². The van der Waals surface area contributed by atoms with E-state index in [2.05, 4.69) is 20.6 Å². The third kappa shape index (κ3) is 4.52. The second-order valence-corrected chi connectivity index (χ2v) is 7.68. The number of aromatic nitrogens is 5. The number of Topliss-reactive ketones (excluding diaryl/α,β-unsaturated/α-hetero) is 2. The molecule has 4 rings (SSSR count). The number of piperidine rings is 1. The molecule has 1 aliphatic heterocycles. The highest BCUT2D eigenvalue weighted by Gasteiger charge is 2.29. The second-order valence-electron chi connectivity index (χ2n) is 7.68. The Balaban J connectivity index is 1.40. The molecule has 2 aromatic heterocycles. The lowest BCUT2D eigenvalue weighted by Crippen LogP contribution is -2.36. The molecule has 0 amide bonds. The lowest BCUT2D eigenvalue weighted by atomic mass is 9.86. The summed E-state index contributed by atoms with van der Waals surface area (Å²) in [4.78, 5) is 27.4. The summed E-state index contributed by atoms with van der Waals surface area (Å²) in [5.74, 6) is 0.624. The van der Waals surface area contributed by atoms with Gasteiger partial charge in [-0.15, -0.1) is 10.2 Å². The summed E-state index contributed by atoms with van der Waals surface area (Å²) in [6.07, 6.45) is 1.98. The van der Waals surface area contributed by atoms with Crippen molar-refractivity contribution >= 4 is 17.4 Å². The SMILES string of the molecule is CCc1ccc(F)cc1C(=O)C1CCN(c2cc(-c3nnn(CC(C)=O)n3)on2)CC1. The van der Waals surface area contributed by atoms with E-state index in [9.17, 15) is 14.0 Å². The maximum atomic E-state index is 13.7. The van der Waals surface area contributed by atoms with Gasteiger partial charge in [0.2, 0.25) is 11.6 Å². The van der Waals surface area contributed by atoms with Crippen molar-refractivity contribution in [2.24, 2.45) is 5.92 Å². The van der Waals surface area contributed by atoms with Crippen molar-refractivity contribution in [1.82, 2.24) is 25.4 Å². The van der Waals surface area contributed by atoms with E-state index in [4.69, 9.17) is 4.52 Å². The first kappa shape index (κ1) is 20.8. The molecular formula is C21H23FN6O3. The lowest BCUT2D eigenvalue weighted by molar-refractivity contribution is -0.117. The van der Waals surface area contributed by atoms with Crippen molar-refractivity contribution in [1.29, 1.82) is 0 Å². The topological polar surface area (TPSA) is 107 Å². The van der Waals surface area contributed by atoms with Crippen molar-refractivity contribution in [3.8, 4) is 11.6 Å². The molecule has 31 heavy (non-hydrogen) atoms. The highest BCUT2D eigenvalue weighted by molar-refractivity contribution is 5.99. The number of carbonyl (C=O) groups is 2. The Hall–Kier alpha value is -3.43. The number of ketones is 2. The van der Waals surface area contributed by atoms with Crippen LogP contribution < -0.4 is 4.90 Å². The van der Waals surface area contributed by atoms with E-state index >= 15 is 0 Å². The Labute approximate surface area is 178 Å². The minimum absolute atomic E-state index is 0.00290. The van der Waals surface area contributed by atoms with E-state index in [0.29, 0.717) is 49.5 Å². The number of benzene rings is 1. The molecule has 0 saturated carbocycles. The van der Waals surface area contributed by atoms with Crippen LogP contribution in [0.5, 0.6) is 0 Å². The zero-order valence-corrected chi connectivity index (χ0v) is 17.4. The summed E-state index contributed by atoms with van der Waals surface area (Å²) in [5, 5.41) is 15.9. The third-order valence-electron chi connectivity index (χ3n) is 5.44. The number of aryl methyl sites for hydroxylation is 1. The number of hydrogen-bond donors (Lipinski definition) is 0. The Morgan fingerprint density at radius 3 is 2.71 bits per heavy atom. The molecule has 0 spiro atoms. The summed E-state index contributed by atoms with van der Waals surface area (Å²) < 4.78 is 19.0. The van der Waals surface area contributed by atoms with Crippen LogP contribution in [-0.2, 0) is 17.8 Å². The highest BCUT2D eigenvalue weighted by atomic mass is 19.1. The van der Waals surface area contributed by atoms with Crippen molar-refractivity contribution in [2.75, 3.05) is 18.0 Å². The van der Waals surface area contributed by atoms with Crippen LogP contribution in [0.1, 0.15) is 42.6 Å². The summed E-state index contributed by atoms with van der Waals surface area (Å²) >= 11 is 0. The fourth-order valence-corrected chi connectivity index (χ4v) is 3.81. The molecule has 0 unspecified atom stereocenters. The maximum Gasteiger partial charge on any atom is 0.243 e. The van der Waals surface area contributed by atoms with Gasteiger partial charge in [0.25, 0.3) is 0 Å². The smallest absolute Gasteiger partial charge is 0.243 e. The molecular weight excluding hydrogens is 403 g/mol. The summed E-state index contributed by atoms with van der Waals surface area (Å²) in [6.45, 7) is 4.71. The summed E-state index contributed by atoms with van der Waals surface area (Å²) in [5.41, 5.74) is 1.37. The summed E-state index contributed by atoms with van der Waals surface area (Å²) in [7, 11) is 0. The zero-order valence-electron chi connectivity index (χ0n) is 17.4. The highest BCUT2D eigenvalue weighted by Crippen LogP contribution is 2.28. The number of nitrogens with zero attached hydrogens (tertiary/aromatic N) is 6. The maximum absolute atomic E-state index is 13.7. The van der Waals surface area contributed by atoms with E-state index in [1.54, 1.807) is 12.1 Å². The van der Waals surface area contributed by atoms with Gasteiger partial charge in [-0.1, -0.05) is 18.1 Å². The molecule has 1 fully saturated rings. The Morgan fingerprint density at radius 2 is 2.00 bits per heavy atom. The first-order chi connectivity index (χ1) is 14.9. The van der Waals surface area contributed by atoms with Gasteiger partial charge in [0.1, 0.15) is 12.4 Å². The van der Waals surface area contributed by atoms with Crippen molar-refractivity contribution < 1.29 is 18.5 Å². The normalized spacial score (nSPS) is 14.7.